The zero-order chi connectivity index (χ0) is 14.5. The minimum Gasteiger partial charge on any atom is -0.289 e. The molecular formula is C12H17FN2O3S. The third-order valence-electron chi connectivity index (χ3n) is 2.48. The van der Waals surface area contributed by atoms with Crippen LogP contribution in [0, 0.1) is 0 Å². The van der Waals surface area contributed by atoms with Gasteiger partial charge in [0.05, 0.1) is 0 Å². The van der Waals surface area contributed by atoms with Gasteiger partial charge in [0, 0.05) is 12.7 Å². The zero-order valence-corrected chi connectivity index (χ0v) is 11.7. The molecule has 0 aliphatic carbocycles. The van der Waals surface area contributed by atoms with Gasteiger partial charge in [-0.25, -0.2) is 17.5 Å². The molecule has 0 aliphatic rings. The van der Waals surface area contributed by atoms with Gasteiger partial charge in [-0.15, -0.1) is 0 Å². The standard InChI is InChI=1S/C12H17FN2O3S/c1-3-4-8-15-19(17,18)10-6-5-7-14-11(10)12(16)9(2)13/h5-7,9,15H,3-4,8H2,1-2H3. The lowest BCUT2D eigenvalue weighted by Crippen LogP contribution is -2.28. The molecule has 1 N–H and O–H groups in total. The number of hydrogen-bond donors (Lipinski definition) is 1. The van der Waals surface area contributed by atoms with Crippen LogP contribution in [-0.2, 0) is 10.0 Å². The maximum Gasteiger partial charge on any atom is 0.242 e. The molecule has 0 saturated carbocycles. The van der Waals surface area contributed by atoms with E-state index in [2.05, 4.69) is 9.71 Å². The largest absolute Gasteiger partial charge is 0.289 e. The molecule has 1 rings (SSSR count). The van der Waals surface area contributed by atoms with Crippen molar-refractivity contribution in [2.45, 2.75) is 37.8 Å². The summed E-state index contributed by atoms with van der Waals surface area (Å²) in [5.74, 6) is -0.934. The Morgan fingerprint density at radius 3 is 2.79 bits per heavy atom. The fourth-order valence-electron chi connectivity index (χ4n) is 1.44. The van der Waals surface area contributed by atoms with Crippen LogP contribution in [0.2, 0.25) is 0 Å². The highest BCUT2D eigenvalue weighted by molar-refractivity contribution is 7.89. The van der Waals surface area contributed by atoms with E-state index in [1.165, 1.54) is 18.3 Å². The van der Waals surface area contributed by atoms with Crippen LogP contribution in [-0.4, -0.2) is 31.9 Å². The van der Waals surface area contributed by atoms with Gasteiger partial charge >= 0.3 is 0 Å². The summed E-state index contributed by atoms with van der Waals surface area (Å²) in [6.45, 7) is 3.25. The normalized spacial score (nSPS) is 13.2. The Balaban J connectivity index is 3.10. The van der Waals surface area contributed by atoms with Gasteiger partial charge in [0.2, 0.25) is 15.8 Å². The fraction of sp³-hybridized carbons (Fsp3) is 0.500. The molecule has 0 aliphatic heterocycles. The summed E-state index contributed by atoms with van der Waals surface area (Å²) < 4.78 is 39.5. The van der Waals surface area contributed by atoms with Crippen LogP contribution in [0.3, 0.4) is 0 Å². The first-order valence-electron chi connectivity index (χ1n) is 6.03. The van der Waals surface area contributed by atoms with Crippen molar-refractivity contribution in [1.29, 1.82) is 0 Å². The minimum absolute atomic E-state index is 0.270. The summed E-state index contributed by atoms with van der Waals surface area (Å²) in [4.78, 5) is 15.0. The van der Waals surface area contributed by atoms with E-state index in [4.69, 9.17) is 0 Å². The molecule has 106 valence electrons. The molecule has 1 aromatic heterocycles. The van der Waals surface area contributed by atoms with Crippen molar-refractivity contribution in [3.8, 4) is 0 Å². The second-order valence-corrected chi connectivity index (χ2v) is 5.82. The number of unbranched alkanes of at least 4 members (excludes halogenated alkanes) is 1. The summed E-state index contributed by atoms with van der Waals surface area (Å²) in [5, 5.41) is 0. The predicted molar refractivity (Wildman–Crippen MR) is 69.2 cm³/mol. The molecule has 7 heteroatoms. The van der Waals surface area contributed by atoms with Crippen LogP contribution in [0.1, 0.15) is 37.2 Å². The quantitative estimate of drug-likeness (QED) is 0.612. The summed E-state index contributed by atoms with van der Waals surface area (Å²) in [5.41, 5.74) is -0.360. The number of halogens is 1. The first kappa shape index (κ1) is 15.7. The maximum atomic E-state index is 13.1. The number of nitrogens with zero attached hydrogens (tertiary/aromatic N) is 1. The summed E-state index contributed by atoms with van der Waals surface area (Å²) in [7, 11) is -3.84. The molecule has 0 amide bonds. The van der Waals surface area contributed by atoms with Gasteiger partial charge in [-0.1, -0.05) is 13.3 Å². The number of hydrogen-bond acceptors (Lipinski definition) is 4. The van der Waals surface area contributed by atoms with E-state index in [0.717, 1.165) is 13.3 Å². The van der Waals surface area contributed by atoms with E-state index in [1.54, 1.807) is 0 Å². The Morgan fingerprint density at radius 1 is 1.53 bits per heavy atom. The van der Waals surface area contributed by atoms with Crippen molar-refractivity contribution in [3.05, 3.63) is 24.0 Å². The SMILES string of the molecule is CCCCNS(=O)(=O)c1cccnc1C(=O)C(C)F. The number of alkyl halides is 1. The first-order valence-corrected chi connectivity index (χ1v) is 7.51. The van der Waals surface area contributed by atoms with E-state index >= 15 is 0 Å². The third-order valence-corrected chi connectivity index (χ3v) is 3.97. The molecule has 0 saturated heterocycles. The second-order valence-electron chi connectivity index (χ2n) is 4.08. The topological polar surface area (TPSA) is 76.1 Å². The van der Waals surface area contributed by atoms with Crippen molar-refractivity contribution in [2.24, 2.45) is 0 Å². The van der Waals surface area contributed by atoms with Crippen LogP contribution in [0.4, 0.5) is 4.39 Å². The van der Waals surface area contributed by atoms with Gasteiger partial charge in [0.1, 0.15) is 10.6 Å². The van der Waals surface area contributed by atoms with Gasteiger partial charge in [-0.3, -0.25) is 9.78 Å². The Hall–Kier alpha value is -1.34. The van der Waals surface area contributed by atoms with Gasteiger partial charge in [-0.05, 0) is 25.5 Å². The number of nitrogens with one attached hydrogen (secondary N) is 1. The number of carbonyl (C=O) groups excluding carboxylic acids is 1. The molecule has 0 bridgehead atoms. The Labute approximate surface area is 112 Å². The average Bonchev–Trinajstić information content (AvgIpc) is 2.38. The van der Waals surface area contributed by atoms with Crippen molar-refractivity contribution in [2.75, 3.05) is 6.54 Å². The number of pyridine rings is 1. The van der Waals surface area contributed by atoms with E-state index < -0.39 is 22.0 Å². The molecule has 19 heavy (non-hydrogen) atoms. The lowest BCUT2D eigenvalue weighted by Gasteiger charge is -2.10. The van der Waals surface area contributed by atoms with E-state index in [0.29, 0.717) is 6.42 Å². The number of rotatable bonds is 7. The lowest BCUT2D eigenvalue weighted by atomic mass is 10.2. The van der Waals surface area contributed by atoms with Crippen molar-refractivity contribution >= 4 is 15.8 Å². The highest BCUT2D eigenvalue weighted by atomic mass is 32.2. The van der Waals surface area contributed by atoms with Gasteiger partial charge < -0.3 is 0 Å². The van der Waals surface area contributed by atoms with Crippen LogP contribution >= 0.6 is 0 Å². The third kappa shape index (κ3) is 4.07. The summed E-state index contributed by atoms with van der Waals surface area (Å²) >= 11 is 0. The first-order chi connectivity index (χ1) is 8.90. The van der Waals surface area contributed by atoms with Crippen LogP contribution in [0.5, 0.6) is 0 Å². The molecule has 1 atom stereocenters. The molecule has 0 radical (unpaired) electrons. The molecular weight excluding hydrogens is 271 g/mol. The Kier molecular flexibility index (Phi) is 5.56. The van der Waals surface area contributed by atoms with Crippen molar-refractivity contribution < 1.29 is 17.6 Å². The maximum absolute atomic E-state index is 13.1. The smallest absolute Gasteiger partial charge is 0.242 e. The van der Waals surface area contributed by atoms with Crippen molar-refractivity contribution in [1.82, 2.24) is 9.71 Å². The number of ketones is 1. The number of aromatic nitrogens is 1. The lowest BCUT2D eigenvalue weighted by molar-refractivity contribution is 0.0884. The van der Waals surface area contributed by atoms with Crippen LogP contribution < -0.4 is 4.72 Å². The molecule has 0 spiro atoms. The van der Waals surface area contributed by atoms with Gasteiger partial charge in [0.25, 0.3) is 0 Å². The van der Waals surface area contributed by atoms with Crippen molar-refractivity contribution in [3.63, 3.8) is 0 Å². The minimum atomic E-state index is -3.84. The van der Waals surface area contributed by atoms with Crippen LogP contribution in [0.25, 0.3) is 0 Å². The van der Waals surface area contributed by atoms with Crippen LogP contribution in [0.15, 0.2) is 23.2 Å². The Morgan fingerprint density at radius 2 is 2.21 bits per heavy atom. The number of sulfonamides is 1. The summed E-state index contributed by atoms with van der Waals surface area (Å²) in [6, 6.07) is 2.64. The van der Waals surface area contributed by atoms with E-state index in [1.807, 2.05) is 6.92 Å². The predicted octanol–water partition coefficient (Wildman–Crippen LogP) is 1.70. The Bertz CT molecular complexity index is 544. The molecule has 0 aromatic carbocycles. The monoisotopic (exact) mass is 288 g/mol. The molecule has 5 nitrogen and oxygen atoms in total. The highest BCUT2D eigenvalue weighted by Gasteiger charge is 2.25. The molecule has 1 unspecified atom stereocenters. The zero-order valence-electron chi connectivity index (χ0n) is 10.9. The number of Topliss-reactive ketones (excluding diaryl/α,β-unsaturated/α-hetero) is 1. The highest BCUT2D eigenvalue weighted by Crippen LogP contribution is 2.15. The average molecular weight is 288 g/mol. The molecule has 1 aromatic rings. The van der Waals surface area contributed by atoms with Gasteiger partial charge in [-0.2, -0.15) is 0 Å². The number of carbonyl (C=O) groups is 1. The summed E-state index contributed by atoms with van der Waals surface area (Å²) in [6.07, 6.45) is 0.991. The second kappa shape index (κ2) is 6.72. The van der Waals surface area contributed by atoms with Gasteiger partial charge in [0.15, 0.2) is 6.17 Å². The van der Waals surface area contributed by atoms with E-state index in [-0.39, 0.29) is 17.1 Å². The molecule has 1 heterocycles. The molecule has 0 fully saturated rings. The fourth-order valence-corrected chi connectivity index (χ4v) is 2.68. The van der Waals surface area contributed by atoms with E-state index in [9.17, 15) is 17.6 Å².